The molecule has 0 saturated carbocycles. The van der Waals surface area contributed by atoms with Crippen molar-refractivity contribution in [2.24, 2.45) is 0 Å². The van der Waals surface area contributed by atoms with Crippen molar-refractivity contribution in [2.75, 3.05) is 14.2 Å². The molecule has 0 bridgehead atoms. The summed E-state index contributed by atoms with van der Waals surface area (Å²) >= 11 is 1.44. The van der Waals surface area contributed by atoms with Crippen LogP contribution in [-0.2, 0) is 16.1 Å². The van der Waals surface area contributed by atoms with Gasteiger partial charge in [-0.3, -0.25) is 9.59 Å². The number of aliphatic hydroxyl groups excluding tert-OH is 1. The lowest BCUT2D eigenvalue weighted by Gasteiger charge is -2.24. The standard InChI is InChI=1S/C27H27NO5S/c1-16(2)20-14-18(9-12-21(20)33-4)25(29)23-24(22-6-5-13-34-22)28(27(31)26(23)30)15-17-7-10-19(32-3)11-8-17/h5-14,16,24,29H,15H2,1-4H3/b25-23-. The Morgan fingerprint density at radius 2 is 1.79 bits per heavy atom. The van der Waals surface area contributed by atoms with E-state index >= 15 is 0 Å². The normalized spacial score (nSPS) is 17.4. The number of ketones is 1. The number of thiophene rings is 1. The second-order valence-electron chi connectivity index (χ2n) is 8.40. The molecular weight excluding hydrogens is 450 g/mol. The predicted octanol–water partition coefficient (Wildman–Crippen LogP) is 5.51. The maximum absolute atomic E-state index is 13.2. The molecule has 2 aromatic carbocycles. The van der Waals surface area contributed by atoms with E-state index in [1.807, 2.05) is 61.7 Å². The fourth-order valence-electron chi connectivity index (χ4n) is 4.20. The smallest absolute Gasteiger partial charge is 0.295 e. The van der Waals surface area contributed by atoms with E-state index in [1.54, 1.807) is 26.4 Å². The van der Waals surface area contributed by atoms with E-state index in [0.29, 0.717) is 17.1 Å². The minimum absolute atomic E-state index is 0.0980. The molecule has 1 aliphatic heterocycles. The Balaban J connectivity index is 1.81. The second kappa shape index (κ2) is 9.73. The first-order valence-corrected chi connectivity index (χ1v) is 11.9. The van der Waals surface area contributed by atoms with Crippen molar-refractivity contribution in [2.45, 2.75) is 32.4 Å². The third-order valence-corrected chi connectivity index (χ3v) is 6.91. The molecular formula is C27H27NO5S. The van der Waals surface area contributed by atoms with Crippen molar-refractivity contribution < 1.29 is 24.2 Å². The van der Waals surface area contributed by atoms with Crippen molar-refractivity contribution in [1.29, 1.82) is 0 Å². The zero-order valence-electron chi connectivity index (χ0n) is 19.6. The number of amides is 1. The number of carbonyl (C=O) groups is 2. The molecule has 0 radical (unpaired) electrons. The highest BCUT2D eigenvalue weighted by Crippen LogP contribution is 2.42. The van der Waals surface area contributed by atoms with Gasteiger partial charge in [0.2, 0.25) is 0 Å². The first-order chi connectivity index (χ1) is 16.3. The van der Waals surface area contributed by atoms with Crippen LogP contribution in [0.4, 0.5) is 0 Å². The molecule has 1 fully saturated rings. The number of nitrogens with zero attached hydrogens (tertiary/aromatic N) is 1. The van der Waals surface area contributed by atoms with Crippen LogP contribution in [0.15, 0.2) is 65.6 Å². The molecule has 1 amide bonds. The van der Waals surface area contributed by atoms with Gasteiger partial charge in [0.05, 0.1) is 25.8 Å². The molecule has 1 aromatic heterocycles. The molecule has 0 aliphatic carbocycles. The van der Waals surface area contributed by atoms with Crippen molar-refractivity contribution >= 4 is 28.8 Å². The summed E-state index contributed by atoms with van der Waals surface area (Å²) < 4.78 is 10.7. The third-order valence-electron chi connectivity index (χ3n) is 5.99. The van der Waals surface area contributed by atoms with Gasteiger partial charge in [-0.1, -0.05) is 32.0 Å². The van der Waals surface area contributed by atoms with E-state index in [1.165, 1.54) is 16.2 Å². The van der Waals surface area contributed by atoms with Crippen molar-refractivity contribution in [1.82, 2.24) is 4.90 Å². The highest BCUT2D eigenvalue weighted by atomic mass is 32.1. The summed E-state index contributed by atoms with van der Waals surface area (Å²) in [6, 6.07) is 15.7. The van der Waals surface area contributed by atoms with Crippen LogP contribution in [0, 0.1) is 0 Å². The highest BCUT2D eigenvalue weighted by molar-refractivity contribution is 7.10. The Hall–Kier alpha value is -3.58. The number of Topliss-reactive ketones (excluding diaryl/α,β-unsaturated/α-hetero) is 1. The van der Waals surface area contributed by atoms with Crippen LogP contribution in [0.25, 0.3) is 5.76 Å². The maximum Gasteiger partial charge on any atom is 0.295 e. The Kier molecular flexibility index (Phi) is 6.75. The Morgan fingerprint density at radius 3 is 2.38 bits per heavy atom. The lowest BCUT2D eigenvalue weighted by molar-refractivity contribution is -0.140. The number of methoxy groups -OCH3 is 2. The van der Waals surface area contributed by atoms with Crippen molar-refractivity contribution in [3.05, 3.63) is 87.1 Å². The molecule has 1 aliphatic rings. The second-order valence-corrected chi connectivity index (χ2v) is 9.38. The van der Waals surface area contributed by atoms with Gasteiger partial charge < -0.3 is 19.5 Å². The van der Waals surface area contributed by atoms with Crippen LogP contribution < -0.4 is 9.47 Å². The summed E-state index contributed by atoms with van der Waals surface area (Å²) in [4.78, 5) is 28.7. The molecule has 1 saturated heterocycles. The lowest BCUT2D eigenvalue weighted by atomic mass is 9.95. The van der Waals surface area contributed by atoms with Crippen LogP contribution in [0.2, 0.25) is 0 Å². The molecule has 4 rings (SSSR count). The van der Waals surface area contributed by atoms with Gasteiger partial charge in [-0.15, -0.1) is 11.3 Å². The van der Waals surface area contributed by atoms with Crippen LogP contribution in [0.3, 0.4) is 0 Å². The van der Waals surface area contributed by atoms with E-state index in [4.69, 9.17) is 9.47 Å². The Labute approximate surface area is 203 Å². The van der Waals surface area contributed by atoms with E-state index in [2.05, 4.69) is 0 Å². The number of aliphatic hydroxyl groups is 1. The number of benzene rings is 2. The SMILES string of the molecule is COc1ccc(CN2C(=O)C(=O)/C(=C(\O)c3ccc(OC)c(C(C)C)c3)C2c2cccs2)cc1. The minimum Gasteiger partial charge on any atom is -0.507 e. The van der Waals surface area contributed by atoms with Crippen molar-refractivity contribution in [3.63, 3.8) is 0 Å². The van der Waals surface area contributed by atoms with Crippen LogP contribution in [0.5, 0.6) is 11.5 Å². The van der Waals surface area contributed by atoms with Gasteiger partial charge in [-0.2, -0.15) is 0 Å². The van der Waals surface area contributed by atoms with Gasteiger partial charge in [0.15, 0.2) is 0 Å². The summed E-state index contributed by atoms with van der Waals surface area (Å²) in [5.41, 5.74) is 2.34. The summed E-state index contributed by atoms with van der Waals surface area (Å²) in [6.07, 6.45) is 0. The van der Waals surface area contributed by atoms with Gasteiger partial charge in [0, 0.05) is 17.0 Å². The molecule has 0 spiro atoms. The Bertz CT molecular complexity index is 1230. The predicted molar refractivity (Wildman–Crippen MR) is 132 cm³/mol. The first-order valence-electron chi connectivity index (χ1n) is 11.0. The molecule has 3 aromatic rings. The average molecular weight is 478 g/mol. The highest BCUT2D eigenvalue weighted by Gasteiger charge is 2.46. The molecule has 176 valence electrons. The van der Waals surface area contributed by atoms with Gasteiger partial charge >= 0.3 is 0 Å². The largest absolute Gasteiger partial charge is 0.507 e. The van der Waals surface area contributed by atoms with Gasteiger partial charge in [0.25, 0.3) is 11.7 Å². The van der Waals surface area contributed by atoms with Gasteiger partial charge in [-0.05, 0) is 58.8 Å². The lowest BCUT2D eigenvalue weighted by Crippen LogP contribution is -2.28. The van der Waals surface area contributed by atoms with E-state index in [0.717, 1.165) is 16.0 Å². The molecule has 34 heavy (non-hydrogen) atoms. The van der Waals surface area contributed by atoms with Crippen LogP contribution >= 0.6 is 11.3 Å². The quantitative estimate of drug-likeness (QED) is 0.276. The molecule has 7 heteroatoms. The molecule has 1 N–H and O–H groups in total. The maximum atomic E-state index is 13.2. The summed E-state index contributed by atoms with van der Waals surface area (Å²) in [5, 5.41) is 13.2. The van der Waals surface area contributed by atoms with E-state index < -0.39 is 17.7 Å². The monoisotopic (exact) mass is 477 g/mol. The zero-order chi connectivity index (χ0) is 24.4. The van der Waals surface area contributed by atoms with Gasteiger partial charge in [-0.25, -0.2) is 0 Å². The summed E-state index contributed by atoms with van der Waals surface area (Å²) in [7, 11) is 3.19. The average Bonchev–Trinajstić information content (AvgIpc) is 3.46. The number of ether oxygens (including phenoxy) is 2. The molecule has 1 unspecified atom stereocenters. The summed E-state index contributed by atoms with van der Waals surface area (Å²) in [6.45, 7) is 4.29. The van der Waals surface area contributed by atoms with E-state index in [-0.39, 0.29) is 23.8 Å². The minimum atomic E-state index is -0.689. The van der Waals surface area contributed by atoms with Crippen LogP contribution in [0.1, 0.15) is 47.4 Å². The Morgan fingerprint density at radius 1 is 1.06 bits per heavy atom. The van der Waals surface area contributed by atoms with Crippen LogP contribution in [-0.4, -0.2) is 35.9 Å². The van der Waals surface area contributed by atoms with Gasteiger partial charge in [0.1, 0.15) is 17.3 Å². The molecule has 2 heterocycles. The number of likely N-dealkylation sites (tertiary alicyclic amines) is 1. The first kappa shape index (κ1) is 23.6. The number of hydrogen-bond donors (Lipinski definition) is 1. The van der Waals surface area contributed by atoms with Crippen molar-refractivity contribution in [3.8, 4) is 11.5 Å². The molecule has 6 nitrogen and oxygen atoms in total. The number of hydrogen-bond acceptors (Lipinski definition) is 6. The molecule has 1 atom stereocenters. The number of rotatable bonds is 7. The number of carbonyl (C=O) groups excluding carboxylic acids is 2. The zero-order valence-corrected chi connectivity index (χ0v) is 20.4. The summed E-state index contributed by atoms with van der Waals surface area (Å²) in [5.74, 6) is 0.0638. The fourth-order valence-corrected chi connectivity index (χ4v) is 5.05. The van der Waals surface area contributed by atoms with E-state index in [9.17, 15) is 14.7 Å². The topological polar surface area (TPSA) is 76.1 Å². The fraction of sp³-hybridized carbons (Fsp3) is 0.259. The third kappa shape index (κ3) is 4.31.